The van der Waals surface area contributed by atoms with Gasteiger partial charge in [-0.15, -0.1) is 24.8 Å². The number of hydrogen-bond donors (Lipinski definition) is 1. The summed E-state index contributed by atoms with van der Waals surface area (Å²) in [7, 11) is 0. The van der Waals surface area contributed by atoms with Gasteiger partial charge in [-0.25, -0.2) is 0 Å². The Morgan fingerprint density at radius 1 is 1.36 bits per heavy atom. The lowest BCUT2D eigenvalue weighted by Crippen LogP contribution is -2.12. The van der Waals surface area contributed by atoms with E-state index in [4.69, 9.17) is 5.73 Å². The fourth-order valence-electron chi connectivity index (χ4n) is 1.98. The van der Waals surface area contributed by atoms with Gasteiger partial charge < -0.3 is 5.73 Å². The second kappa shape index (κ2) is 6.27. The first kappa shape index (κ1) is 13.8. The zero-order valence-corrected chi connectivity index (χ0v) is 9.69. The Balaban J connectivity index is 0.000000845. The smallest absolute Gasteiger partial charge is 0.0523 e. The van der Waals surface area contributed by atoms with Crippen LogP contribution in [0.5, 0.6) is 0 Å². The molecule has 82 valence electrons. The molecule has 0 aromatic carbocycles. The SMILES string of the molecule is Cl.Cl.NCc1ccnn1C1CCCC1. The van der Waals surface area contributed by atoms with E-state index in [-0.39, 0.29) is 24.8 Å². The van der Waals surface area contributed by atoms with Crippen LogP contribution in [0.3, 0.4) is 0 Å². The third-order valence-corrected chi connectivity index (χ3v) is 2.63. The zero-order valence-electron chi connectivity index (χ0n) is 8.06. The summed E-state index contributed by atoms with van der Waals surface area (Å²) in [4.78, 5) is 0. The van der Waals surface area contributed by atoms with Gasteiger partial charge >= 0.3 is 0 Å². The number of rotatable bonds is 2. The summed E-state index contributed by atoms with van der Waals surface area (Å²) < 4.78 is 2.10. The summed E-state index contributed by atoms with van der Waals surface area (Å²) >= 11 is 0. The van der Waals surface area contributed by atoms with Crippen molar-refractivity contribution in [1.82, 2.24) is 9.78 Å². The van der Waals surface area contributed by atoms with E-state index in [1.54, 1.807) is 0 Å². The van der Waals surface area contributed by atoms with Crippen molar-refractivity contribution in [1.29, 1.82) is 0 Å². The zero-order chi connectivity index (χ0) is 8.39. The first-order chi connectivity index (χ1) is 5.92. The minimum absolute atomic E-state index is 0. The lowest BCUT2D eigenvalue weighted by atomic mass is 10.2. The molecular formula is C9H17Cl2N3. The summed E-state index contributed by atoms with van der Waals surface area (Å²) in [6.45, 7) is 0.608. The minimum atomic E-state index is 0. The highest BCUT2D eigenvalue weighted by Crippen LogP contribution is 2.29. The Morgan fingerprint density at radius 3 is 2.57 bits per heavy atom. The average molecular weight is 238 g/mol. The molecule has 0 radical (unpaired) electrons. The van der Waals surface area contributed by atoms with Crippen molar-refractivity contribution in [3.63, 3.8) is 0 Å². The van der Waals surface area contributed by atoms with Crippen molar-refractivity contribution in [3.05, 3.63) is 18.0 Å². The predicted octanol–water partition coefficient (Wildman–Crippen LogP) is 2.30. The van der Waals surface area contributed by atoms with Crippen LogP contribution in [0.25, 0.3) is 0 Å². The van der Waals surface area contributed by atoms with Crippen LogP contribution in [-0.2, 0) is 6.54 Å². The lowest BCUT2D eigenvalue weighted by molar-refractivity contribution is 0.450. The fourth-order valence-corrected chi connectivity index (χ4v) is 1.98. The van der Waals surface area contributed by atoms with Crippen molar-refractivity contribution in [2.24, 2.45) is 5.73 Å². The van der Waals surface area contributed by atoms with Gasteiger partial charge in [-0.2, -0.15) is 5.10 Å². The summed E-state index contributed by atoms with van der Waals surface area (Å²) in [5.41, 5.74) is 6.77. The molecule has 0 amide bonds. The molecule has 0 atom stereocenters. The molecule has 0 aliphatic heterocycles. The number of aromatic nitrogens is 2. The molecule has 1 aromatic rings. The first-order valence-corrected chi connectivity index (χ1v) is 4.64. The van der Waals surface area contributed by atoms with Crippen LogP contribution in [0.2, 0.25) is 0 Å². The largest absolute Gasteiger partial charge is 0.325 e. The fraction of sp³-hybridized carbons (Fsp3) is 0.667. The van der Waals surface area contributed by atoms with Crippen LogP contribution < -0.4 is 5.73 Å². The third-order valence-electron chi connectivity index (χ3n) is 2.63. The van der Waals surface area contributed by atoms with Crippen molar-refractivity contribution < 1.29 is 0 Å². The van der Waals surface area contributed by atoms with Crippen molar-refractivity contribution in [2.75, 3.05) is 0 Å². The molecule has 1 heterocycles. The van der Waals surface area contributed by atoms with Gasteiger partial charge in [-0.1, -0.05) is 12.8 Å². The van der Waals surface area contributed by atoms with E-state index in [9.17, 15) is 0 Å². The molecule has 0 bridgehead atoms. The van der Waals surface area contributed by atoms with Gasteiger partial charge in [0.2, 0.25) is 0 Å². The monoisotopic (exact) mass is 237 g/mol. The quantitative estimate of drug-likeness (QED) is 0.859. The number of nitrogens with two attached hydrogens (primary N) is 1. The number of hydrogen-bond acceptors (Lipinski definition) is 2. The van der Waals surface area contributed by atoms with Gasteiger partial charge in [0.1, 0.15) is 0 Å². The topological polar surface area (TPSA) is 43.8 Å². The van der Waals surface area contributed by atoms with Crippen molar-refractivity contribution >= 4 is 24.8 Å². The summed E-state index contributed by atoms with van der Waals surface area (Å²) in [5, 5.41) is 4.31. The van der Waals surface area contributed by atoms with Crippen LogP contribution >= 0.6 is 24.8 Å². The second-order valence-electron chi connectivity index (χ2n) is 3.41. The van der Waals surface area contributed by atoms with E-state index >= 15 is 0 Å². The van der Waals surface area contributed by atoms with Gasteiger partial charge in [0.25, 0.3) is 0 Å². The molecular weight excluding hydrogens is 221 g/mol. The van der Waals surface area contributed by atoms with Gasteiger partial charge in [-0.3, -0.25) is 4.68 Å². The normalized spacial score (nSPS) is 16.1. The minimum Gasteiger partial charge on any atom is -0.325 e. The highest BCUT2D eigenvalue weighted by atomic mass is 35.5. The number of halogens is 2. The van der Waals surface area contributed by atoms with Crippen LogP contribution in [0, 0.1) is 0 Å². The van der Waals surface area contributed by atoms with Crippen LogP contribution in [-0.4, -0.2) is 9.78 Å². The Hall–Kier alpha value is -0.250. The molecule has 1 saturated carbocycles. The van der Waals surface area contributed by atoms with Crippen LogP contribution in [0.1, 0.15) is 37.4 Å². The Kier molecular flexibility index (Phi) is 6.16. The molecule has 3 nitrogen and oxygen atoms in total. The van der Waals surface area contributed by atoms with E-state index in [1.807, 2.05) is 12.3 Å². The molecule has 0 unspecified atom stereocenters. The van der Waals surface area contributed by atoms with E-state index in [1.165, 1.54) is 31.4 Å². The van der Waals surface area contributed by atoms with E-state index < -0.39 is 0 Å². The van der Waals surface area contributed by atoms with Crippen molar-refractivity contribution in [2.45, 2.75) is 38.3 Å². The summed E-state index contributed by atoms with van der Waals surface area (Å²) in [6, 6.07) is 2.64. The average Bonchev–Trinajstić information content (AvgIpc) is 2.74. The summed E-state index contributed by atoms with van der Waals surface area (Å²) in [5.74, 6) is 0. The molecule has 1 aliphatic carbocycles. The Labute approximate surface area is 96.9 Å². The molecule has 2 rings (SSSR count). The molecule has 1 aliphatic rings. The van der Waals surface area contributed by atoms with Gasteiger partial charge in [-0.05, 0) is 18.9 Å². The highest BCUT2D eigenvalue weighted by Gasteiger charge is 2.18. The van der Waals surface area contributed by atoms with Crippen LogP contribution in [0.15, 0.2) is 12.3 Å². The highest BCUT2D eigenvalue weighted by molar-refractivity contribution is 5.85. The van der Waals surface area contributed by atoms with E-state index in [0.29, 0.717) is 12.6 Å². The van der Waals surface area contributed by atoms with Crippen LogP contribution in [0.4, 0.5) is 0 Å². The maximum Gasteiger partial charge on any atom is 0.0523 e. The molecule has 2 N–H and O–H groups in total. The molecule has 14 heavy (non-hydrogen) atoms. The molecule has 1 fully saturated rings. The van der Waals surface area contributed by atoms with Crippen molar-refractivity contribution in [3.8, 4) is 0 Å². The lowest BCUT2D eigenvalue weighted by Gasteiger charge is -2.12. The standard InChI is InChI=1S/C9H15N3.2ClH/c10-7-9-5-6-11-12(9)8-3-1-2-4-8;;/h5-6,8H,1-4,7,10H2;2*1H. The molecule has 1 aromatic heterocycles. The Morgan fingerprint density at radius 2 is 2.00 bits per heavy atom. The number of nitrogens with zero attached hydrogens (tertiary/aromatic N) is 2. The maximum atomic E-state index is 5.60. The van der Waals surface area contributed by atoms with Gasteiger partial charge in [0.15, 0.2) is 0 Å². The first-order valence-electron chi connectivity index (χ1n) is 4.64. The molecule has 0 saturated heterocycles. The van der Waals surface area contributed by atoms with E-state index in [0.717, 1.165) is 0 Å². The Bertz CT molecular complexity index is 256. The maximum absolute atomic E-state index is 5.60. The second-order valence-corrected chi connectivity index (χ2v) is 3.41. The predicted molar refractivity (Wildman–Crippen MR) is 62.1 cm³/mol. The third kappa shape index (κ3) is 2.62. The van der Waals surface area contributed by atoms with E-state index in [2.05, 4.69) is 9.78 Å². The van der Waals surface area contributed by atoms with Gasteiger partial charge in [0, 0.05) is 12.7 Å². The molecule has 5 heteroatoms. The summed E-state index contributed by atoms with van der Waals surface area (Å²) in [6.07, 6.45) is 7.08. The molecule has 0 spiro atoms. The van der Waals surface area contributed by atoms with Gasteiger partial charge in [0.05, 0.1) is 11.7 Å².